The Kier molecular flexibility index (Phi) is 1.57. The molecule has 0 aromatic heterocycles. The Hall–Kier alpha value is -1.74. The third-order valence-electron chi connectivity index (χ3n) is 1.95. The first-order chi connectivity index (χ1) is 5.92. The van der Waals surface area contributed by atoms with Gasteiger partial charge in [0.15, 0.2) is 0 Å². The van der Waals surface area contributed by atoms with Crippen molar-refractivity contribution < 1.29 is 1.43 Å². The summed E-state index contributed by atoms with van der Waals surface area (Å²) in [5, 5.41) is 2.36. The van der Waals surface area contributed by atoms with Gasteiger partial charge < -0.3 is 0 Å². The quantitative estimate of drug-likeness (QED) is 0.510. The monoisotopic (exact) mass is 153 g/mol. The van der Waals surface area contributed by atoms with Crippen LogP contribution >= 0.6 is 0 Å². The van der Waals surface area contributed by atoms with Crippen LogP contribution < -0.4 is 0 Å². The Morgan fingerprint density at radius 2 is 1.75 bits per heavy atom. The highest BCUT2D eigenvalue weighted by Gasteiger charge is 1.94. The van der Waals surface area contributed by atoms with Crippen LogP contribution in [0.3, 0.4) is 0 Å². The van der Waals surface area contributed by atoms with Crippen LogP contribution in [0.15, 0.2) is 42.5 Å². The maximum absolute atomic E-state index is 5.37. The van der Waals surface area contributed by atoms with Gasteiger partial charge in [0.2, 0.25) is 0 Å². The number of terminal acetylenes is 1. The largest absolute Gasteiger partial charge is 0.115 e. The molecule has 0 heterocycles. The molecule has 0 atom stereocenters. The van der Waals surface area contributed by atoms with Crippen molar-refractivity contribution in [2.75, 3.05) is 0 Å². The first kappa shape index (κ1) is 6.94. The summed E-state index contributed by atoms with van der Waals surface area (Å²) in [5.41, 5.74) is 0.966. The van der Waals surface area contributed by atoms with Gasteiger partial charge >= 0.3 is 0 Å². The van der Waals surface area contributed by atoms with Crippen molar-refractivity contribution in [3.8, 4) is 12.3 Å². The topological polar surface area (TPSA) is 0 Å². The maximum atomic E-state index is 5.37. The van der Waals surface area contributed by atoms with Gasteiger partial charge in [-0.3, -0.25) is 0 Å². The highest BCUT2D eigenvalue weighted by molar-refractivity contribution is 5.87. The fraction of sp³-hybridized carbons (Fsp3) is 0. The van der Waals surface area contributed by atoms with Gasteiger partial charge in [0.1, 0.15) is 0 Å². The molecule has 0 nitrogen and oxygen atoms in total. The van der Waals surface area contributed by atoms with E-state index in [0.717, 1.165) is 10.9 Å². The van der Waals surface area contributed by atoms with E-state index in [2.05, 4.69) is 18.1 Å². The molecule has 0 saturated carbocycles. The molecule has 12 heavy (non-hydrogen) atoms. The summed E-state index contributed by atoms with van der Waals surface area (Å²) >= 11 is 0. The van der Waals surface area contributed by atoms with Crippen molar-refractivity contribution in [2.45, 2.75) is 0 Å². The molecule has 0 heteroatoms. The lowest BCUT2D eigenvalue weighted by atomic mass is 10.1. The minimum Gasteiger partial charge on any atom is -0.115 e. The normalized spacial score (nSPS) is 9.58. The van der Waals surface area contributed by atoms with E-state index in [-0.39, 0.29) is 1.43 Å². The predicted octanol–water partition coefficient (Wildman–Crippen LogP) is 2.93. The molecule has 57 valence electrons. The molecule has 0 saturated heterocycles. The lowest BCUT2D eigenvalue weighted by Gasteiger charge is -1.98. The molecule has 0 aliphatic rings. The molecule has 0 fully saturated rings. The van der Waals surface area contributed by atoms with Crippen LogP contribution in [0.1, 0.15) is 6.99 Å². The molecular formula is C12H9. The molecule has 0 N–H and O–H groups in total. The Morgan fingerprint density at radius 1 is 1.00 bits per heavy atom. The van der Waals surface area contributed by atoms with Gasteiger partial charge in [-0.15, -0.1) is 6.42 Å². The van der Waals surface area contributed by atoms with Crippen molar-refractivity contribution in [3.05, 3.63) is 48.0 Å². The van der Waals surface area contributed by atoms with Gasteiger partial charge in [-0.1, -0.05) is 42.3 Å². The third kappa shape index (κ3) is 0.963. The van der Waals surface area contributed by atoms with Crippen LogP contribution in [0.4, 0.5) is 0 Å². The third-order valence-corrected chi connectivity index (χ3v) is 1.95. The van der Waals surface area contributed by atoms with Crippen LogP contribution in [0.2, 0.25) is 0 Å². The molecule has 0 spiro atoms. The lowest BCUT2D eigenvalue weighted by Crippen LogP contribution is -1.77. The second-order valence-corrected chi connectivity index (χ2v) is 2.67. The average Bonchev–Trinajstić information content (AvgIpc) is 2.17. The Labute approximate surface area is 73.3 Å². The number of benzene rings is 2. The summed E-state index contributed by atoms with van der Waals surface area (Å²) in [4.78, 5) is 0. The maximum Gasteiger partial charge on any atom is 0.0321 e. The van der Waals surface area contributed by atoms with E-state index in [9.17, 15) is 0 Å². The highest BCUT2D eigenvalue weighted by Crippen LogP contribution is 2.16. The summed E-state index contributed by atoms with van der Waals surface area (Å²) in [6, 6.07) is 14.1. The van der Waals surface area contributed by atoms with E-state index in [4.69, 9.17) is 6.42 Å². The minimum atomic E-state index is 0. The van der Waals surface area contributed by atoms with Gasteiger partial charge in [-0.25, -0.2) is 0 Å². The molecule has 0 aliphatic carbocycles. The van der Waals surface area contributed by atoms with E-state index < -0.39 is 0 Å². The smallest absolute Gasteiger partial charge is 0.0321 e. The van der Waals surface area contributed by atoms with Crippen LogP contribution in [0.25, 0.3) is 10.8 Å². The van der Waals surface area contributed by atoms with Crippen LogP contribution in [0.5, 0.6) is 0 Å². The molecule has 2 rings (SSSR count). The van der Waals surface area contributed by atoms with E-state index in [1.807, 2.05) is 30.3 Å². The number of hydrogen-bond donors (Lipinski definition) is 0. The van der Waals surface area contributed by atoms with Crippen LogP contribution in [0, 0.1) is 12.3 Å². The van der Waals surface area contributed by atoms with Gasteiger partial charge in [-0.2, -0.15) is 0 Å². The standard InChI is InChI=1S/C12H8.H/c1-2-10-7-5-8-11-6-3-4-9-12(10)11;/h1,3-9H;. The second-order valence-electron chi connectivity index (χ2n) is 2.67. The molecule has 0 amide bonds. The molecule has 0 bridgehead atoms. The van der Waals surface area contributed by atoms with Crippen LogP contribution in [-0.2, 0) is 0 Å². The first-order valence-corrected chi connectivity index (χ1v) is 3.86. The van der Waals surface area contributed by atoms with E-state index in [1.165, 1.54) is 5.39 Å². The summed E-state index contributed by atoms with van der Waals surface area (Å²) < 4.78 is 0. The van der Waals surface area contributed by atoms with Crippen molar-refractivity contribution in [2.24, 2.45) is 0 Å². The van der Waals surface area contributed by atoms with Gasteiger partial charge in [0.05, 0.1) is 0 Å². The summed E-state index contributed by atoms with van der Waals surface area (Å²) in [5.74, 6) is 2.67. The average molecular weight is 153 g/mol. The van der Waals surface area contributed by atoms with Crippen LogP contribution in [-0.4, -0.2) is 0 Å². The zero-order chi connectivity index (χ0) is 8.39. The predicted molar refractivity (Wildman–Crippen MR) is 53.0 cm³/mol. The first-order valence-electron chi connectivity index (χ1n) is 3.86. The number of hydrogen-bond acceptors (Lipinski definition) is 0. The molecule has 2 aromatic rings. The Morgan fingerprint density at radius 3 is 2.58 bits per heavy atom. The van der Waals surface area contributed by atoms with E-state index in [0.29, 0.717) is 0 Å². The Balaban J connectivity index is 0.000000845. The van der Waals surface area contributed by atoms with Gasteiger partial charge in [0.25, 0.3) is 0 Å². The van der Waals surface area contributed by atoms with Crippen molar-refractivity contribution in [1.82, 2.24) is 0 Å². The highest BCUT2D eigenvalue weighted by atomic mass is 14.0. The second kappa shape index (κ2) is 2.71. The fourth-order valence-corrected chi connectivity index (χ4v) is 1.35. The number of fused-ring (bicyclic) bond motifs is 1. The Bertz CT molecular complexity index is 447. The summed E-state index contributed by atoms with van der Waals surface area (Å²) in [7, 11) is 0. The van der Waals surface area contributed by atoms with Gasteiger partial charge in [-0.05, 0) is 16.8 Å². The van der Waals surface area contributed by atoms with Crippen molar-refractivity contribution >= 4 is 10.8 Å². The molecule has 2 aromatic carbocycles. The molecular weight excluding hydrogens is 144 g/mol. The fourth-order valence-electron chi connectivity index (χ4n) is 1.35. The zero-order valence-corrected chi connectivity index (χ0v) is 6.62. The summed E-state index contributed by atoms with van der Waals surface area (Å²) in [6.45, 7) is 0. The lowest BCUT2D eigenvalue weighted by molar-refractivity contribution is 1.71. The molecule has 0 unspecified atom stereocenters. The van der Waals surface area contributed by atoms with Crippen molar-refractivity contribution in [3.63, 3.8) is 0 Å². The van der Waals surface area contributed by atoms with E-state index in [1.54, 1.807) is 0 Å². The minimum absolute atomic E-state index is 0. The van der Waals surface area contributed by atoms with Gasteiger partial charge in [0, 0.05) is 6.99 Å². The SMILES string of the molecule is C#Cc1cccc2ccccc12.[H]. The number of rotatable bonds is 0. The zero-order valence-electron chi connectivity index (χ0n) is 7.62. The summed E-state index contributed by atoms with van der Waals surface area (Å²) in [6.07, 6.45) is 5.37. The van der Waals surface area contributed by atoms with E-state index >= 15 is 0 Å². The molecule has 0 aliphatic heterocycles. The molecule has 1 radical (unpaired) electrons. The van der Waals surface area contributed by atoms with Crippen molar-refractivity contribution in [1.29, 1.82) is 0 Å².